The summed E-state index contributed by atoms with van der Waals surface area (Å²) in [6.45, 7) is 8.26. The van der Waals surface area contributed by atoms with Crippen LogP contribution in [0.3, 0.4) is 0 Å². The smallest absolute Gasteiger partial charge is 0.268 e. The lowest BCUT2D eigenvalue weighted by molar-refractivity contribution is -0.141. The quantitative estimate of drug-likeness (QED) is 0.599. The van der Waals surface area contributed by atoms with E-state index in [1.807, 2.05) is 10.6 Å². The van der Waals surface area contributed by atoms with Crippen molar-refractivity contribution in [2.45, 2.75) is 39.2 Å². The summed E-state index contributed by atoms with van der Waals surface area (Å²) in [4.78, 5) is 41.4. The van der Waals surface area contributed by atoms with E-state index in [1.165, 1.54) is 16.9 Å². The predicted molar refractivity (Wildman–Crippen MR) is 101 cm³/mol. The Hall–Kier alpha value is -2.54. The van der Waals surface area contributed by atoms with E-state index in [-0.39, 0.29) is 31.2 Å². The van der Waals surface area contributed by atoms with Gasteiger partial charge in [0.05, 0.1) is 10.2 Å². The van der Waals surface area contributed by atoms with Gasteiger partial charge in [0.1, 0.15) is 6.54 Å². The highest BCUT2D eigenvalue weighted by Crippen LogP contribution is 2.23. The van der Waals surface area contributed by atoms with Crippen molar-refractivity contribution >= 4 is 39.3 Å². The molecule has 3 rings (SSSR count). The molecular weight excluding hydrogens is 350 g/mol. The highest BCUT2D eigenvalue weighted by molar-refractivity contribution is 7.16. The number of amides is 3. The fourth-order valence-electron chi connectivity index (χ4n) is 2.92. The molecule has 1 aliphatic heterocycles. The maximum atomic E-state index is 12.3. The van der Waals surface area contributed by atoms with Crippen LogP contribution >= 0.6 is 11.3 Å². The molecular formula is C19H21N3O3S. The highest BCUT2D eigenvalue weighted by atomic mass is 32.1. The lowest BCUT2D eigenvalue weighted by Gasteiger charge is -2.10. The Kier molecular flexibility index (Phi) is 5.18. The zero-order valence-corrected chi connectivity index (χ0v) is 15.7. The Morgan fingerprint density at radius 2 is 2.00 bits per heavy atom. The summed E-state index contributed by atoms with van der Waals surface area (Å²) < 4.78 is 2.96. The first-order valence-corrected chi connectivity index (χ1v) is 9.37. The number of allylic oxidation sites excluding steroid dienone is 1. The van der Waals surface area contributed by atoms with E-state index in [0.717, 1.165) is 15.1 Å². The maximum absolute atomic E-state index is 12.3. The highest BCUT2D eigenvalue weighted by Gasteiger charge is 2.30. The number of rotatable bonds is 5. The normalized spacial score (nSPS) is 15.5. The third-order valence-corrected chi connectivity index (χ3v) is 5.39. The Balaban J connectivity index is 1.99. The SMILES string of the molecule is C=CCn1c(=NC(=O)CN2C(=O)CCC2=O)sc2cc(C(C)C)ccc21. The van der Waals surface area contributed by atoms with Gasteiger partial charge in [-0.15, -0.1) is 6.58 Å². The summed E-state index contributed by atoms with van der Waals surface area (Å²) >= 11 is 1.42. The minimum absolute atomic E-state index is 0.170. The Morgan fingerprint density at radius 3 is 2.62 bits per heavy atom. The topological polar surface area (TPSA) is 71.7 Å². The number of carbonyl (C=O) groups is 3. The van der Waals surface area contributed by atoms with Gasteiger partial charge in [-0.05, 0) is 23.6 Å². The molecule has 0 spiro atoms. The summed E-state index contributed by atoms with van der Waals surface area (Å²) in [6, 6.07) is 6.22. The second-order valence-electron chi connectivity index (χ2n) is 6.54. The van der Waals surface area contributed by atoms with Crippen molar-refractivity contribution in [1.29, 1.82) is 0 Å². The summed E-state index contributed by atoms with van der Waals surface area (Å²) in [7, 11) is 0. The summed E-state index contributed by atoms with van der Waals surface area (Å²) in [5, 5.41) is 0. The Bertz CT molecular complexity index is 952. The molecule has 1 fully saturated rings. The molecule has 0 atom stereocenters. The molecule has 3 amide bonds. The van der Waals surface area contributed by atoms with Gasteiger partial charge in [-0.2, -0.15) is 4.99 Å². The zero-order valence-electron chi connectivity index (χ0n) is 14.9. The van der Waals surface area contributed by atoms with E-state index in [4.69, 9.17) is 0 Å². The molecule has 1 aromatic carbocycles. The Morgan fingerprint density at radius 1 is 1.31 bits per heavy atom. The number of carbonyl (C=O) groups excluding carboxylic acids is 3. The molecule has 2 aromatic rings. The van der Waals surface area contributed by atoms with Gasteiger partial charge < -0.3 is 4.57 Å². The van der Waals surface area contributed by atoms with Crippen molar-refractivity contribution in [2.75, 3.05) is 6.54 Å². The fourth-order valence-corrected chi connectivity index (χ4v) is 4.02. The van der Waals surface area contributed by atoms with Gasteiger partial charge in [-0.1, -0.05) is 37.3 Å². The van der Waals surface area contributed by atoms with E-state index in [9.17, 15) is 14.4 Å². The van der Waals surface area contributed by atoms with Crippen LogP contribution in [0.5, 0.6) is 0 Å². The van der Waals surface area contributed by atoms with Crippen LogP contribution in [0.25, 0.3) is 10.2 Å². The van der Waals surface area contributed by atoms with Crippen molar-refractivity contribution in [2.24, 2.45) is 4.99 Å². The van der Waals surface area contributed by atoms with Crippen molar-refractivity contribution in [3.8, 4) is 0 Å². The molecule has 0 radical (unpaired) electrons. The van der Waals surface area contributed by atoms with Gasteiger partial charge in [0, 0.05) is 19.4 Å². The molecule has 7 heteroatoms. The van der Waals surface area contributed by atoms with Crippen LogP contribution in [0, 0.1) is 0 Å². The molecule has 1 saturated heterocycles. The second kappa shape index (κ2) is 7.37. The molecule has 6 nitrogen and oxygen atoms in total. The van der Waals surface area contributed by atoms with Gasteiger partial charge in [-0.3, -0.25) is 19.3 Å². The molecule has 1 aliphatic rings. The third-order valence-electron chi connectivity index (χ3n) is 4.35. The first kappa shape index (κ1) is 18.3. The lowest BCUT2D eigenvalue weighted by Crippen LogP contribution is -2.34. The van der Waals surface area contributed by atoms with Crippen molar-refractivity contribution in [3.63, 3.8) is 0 Å². The maximum Gasteiger partial charge on any atom is 0.268 e. The van der Waals surface area contributed by atoms with Gasteiger partial charge in [0.25, 0.3) is 5.91 Å². The summed E-state index contributed by atoms with van der Waals surface area (Å²) in [6.07, 6.45) is 2.09. The van der Waals surface area contributed by atoms with Gasteiger partial charge in [-0.25, -0.2) is 0 Å². The molecule has 0 unspecified atom stereocenters. The van der Waals surface area contributed by atoms with Crippen LogP contribution < -0.4 is 4.80 Å². The molecule has 0 saturated carbocycles. The van der Waals surface area contributed by atoms with Crippen molar-refractivity contribution < 1.29 is 14.4 Å². The number of hydrogen-bond acceptors (Lipinski definition) is 4. The first-order valence-electron chi connectivity index (χ1n) is 8.55. The standard InChI is InChI=1S/C19H21N3O3S/c1-4-9-21-14-6-5-13(12(2)3)10-15(14)26-19(21)20-16(23)11-22-17(24)7-8-18(22)25/h4-6,10,12H,1,7-9,11H2,2-3H3. The third kappa shape index (κ3) is 3.53. The predicted octanol–water partition coefficient (Wildman–Crippen LogP) is 2.59. The van der Waals surface area contributed by atoms with Crippen LogP contribution in [0.4, 0.5) is 0 Å². The molecule has 136 valence electrons. The first-order chi connectivity index (χ1) is 12.4. The minimum Gasteiger partial charge on any atom is -0.313 e. The number of thiazole rings is 1. The molecule has 2 heterocycles. The largest absolute Gasteiger partial charge is 0.313 e. The van der Waals surface area contributed by atoms with Crippen LogP contribution in [0.2, 0.25) is 0 Å². The summed E-state index contributed by atoms with van der Waals surface area (Å²) in [5.41, 5.74) is 2.20. The molecule has 26 heavy (non-hydrogen) atoms. The number of hydrogen-bond donors (Lipinski definition) is 0. The average Bonchev–Trinajstić information content (AvgIpc) is 3.09. The molecule has 0 aliphatic carbocycles. The van der Waals surface area contributed by atoms with E-state index in [1.54, 1.807) is 6.08 Å². The van der Waals surface area contributed by atoms with Crippen LogP contribution in [-0.4, -0.2) is 33.7 Å². The molecule has 0 bridgehead atoms. The van der Waals surface area contributed by atoms with E-state index >= 15 is 0 Å². The lowest BCUT2D eigenvalue weighted by atomic mass is 10.0. The van der Waals surface area contributed by atoms with E-state index < -0.39 is 5.91 Å². The molecule has 0 N–H and O–H groups in total. The van der Waals surface area contributed by atoms with E-state index in [0.29, 0.717) is 17.3 Å². The Labute approximate surface area is 155 Å². The summed E-state index contributed by atoms with van der Waals surface area (Å²) in [5.74, 6) is -0.712. The number of imide groups is 1. The number of nitrogens with zero attached hydrogens (tertiary/aromatic N) is 3. The van der Waals surface area contributed by atoms with Gasteiger partial charge >= 0.3 is 0 Å². The van der Waals surface area contributed by atoms with Gasteiger partial charge in [0.15, 0.2) is 4.80 Å². The number of fused-ring (bicyclic) bond motifs is 1. The van der Waals surface area contributed by atoms with Crippen LogP contribution in [-0.2, 0) is 20.9 Å². The minimum atomic E-state index is -0.498. The van der Waals surface area contributed by atoms with Crippen molar-refractivity contribution in [1.82, 2.24) is 9.47 Å². The van der Waals surface area contributed by atoms with E-state index in [2.05, 4.69) is 37.6 Å². The average molecular weight is 371 g/mol. The number of likely N-dealkylation sites (tertiary alicyclic amines) is 1. The monoisotopic (exact) mass is 371 g/mol. The number of benzene rings is 1. The molecule has 1 aromatic heterocycles. The number of aromatic nitrogens is 1. The van der Waals surface area contributed by atoms with Crippen LogP contribution in [0.15, 0.2) is 35.8 Å². The van der Waals surface area contributed by atoms with Crippen LogP contribution in [0.1, 0.15) is 38.2 Å². The zero-order chi connectivity index (χ0) is 18.8. The van der Waals surface area contributed by atoms with Gasteiger partial charge in [0.2, 0.25) is 11.8 Å². The second-order valence-corrected chi connectivity index (χ2v) is 7.55. The fraction of sp³-hybridized carbons (Fsp3) is 0.368. The van der Waals surface area contributed by atoms with Crippen molar-refractivity contribution in [3.05, 3.63) is 41.2 Å².